The van der Waals surface area contributed by atoms with Crippen molar-refractivity contribution in [2.45, 2.75) is 26.7 Å². The Bertz CT molecular complexity index is 835. The first kappa shape index (κ1) is 17.9. The second-order valence-electron chi connectivity index (χ2n) is 6.88. The molecule has 134 valence electrons. The number of aromatic nitrogens is 2. The first-order valence-electron chi connectivity index (χ1n) is 9.08. The zero-order valence-corrected chi connectivity index (χ0v) is 15.3. The minimum Gasteiger partial charge on any atom is -0.356 e. The van der Waals surface area contributed by atoms with E-state index in [0.29, 0.717) is 25.3 Å². The Morgan fingerprint density at radius 2 is 1.65 bits per heavy atom. The number of hydrogen-bond acceptors (Lipinski definition) is 2. The minimum absolute atomic E-state index is 0.100. The average Bonchev–Trinajstić information content (AvgIpc) is 3.11. The van der Waals surface area contributed by atoms with Gasteiger partial charge in [-0.15, -0.1) is 0 Å². The Morgan fingerprint density at radius 1 is 1.00 bits per heavy atom. The molecule has 0 aliphatic carbocycles. The summed E-state index contributed by atoms with van der Waals surface area (Å²) in [5.41, 5.74) is 4.50. The largest absolute Gasteiger partial charge is 0.356 e. The topological polar surface area (TPSA) is 57.8 Å². The quantitative estimate of drug-likeness (QED) is 0.663. The van der Waals surface area contributed by atoms with E-state index in [4.69, 9.17) is 0 Å². The van der Waals surface area contributed by atoms with Crippen molar-refractivity contribution in [3.8, 4) is 22.4 Å². The van der Waals surface area contributed by atoms with Gasteiger partial charge in [0.05, 0.1) is 11.9 Å². The van der Waals surface area contributed by atoms with Crippen LogP contribution in [0.15, 0.2) is 60.8 Å². The number of carbonyl (C=O) groups excluding carboxylic acids is 1. The molecule has 0 fully saturated rings. The molecule has 0 bridgehead atoms. The van der Waals surface area contributed by atoms with Crippen LogP contribution in [-0.2, 0) is 11.2 Å². The number of benzene rings is 2. The number of aromatic amines is 1. The molecule has 2 N–H and O–H groups in total. The van der Waals surface area contributed by atoms with Crippen molar-refractivity contribution < 1.29 is 4.79 Å². The Balaban J connectivity index is 1.58. The summed E-state index contributed by atoms with van der Waals surface area (Å²) in [5, 5.41) is 2.94. The van der Waals surface area contributed by atoms with E-state index in [1.54, 1.807) is 0 Å². The van der Waals surface area contributed by atoms with Gasteiger partial charge in [-0.05, 0) is 22.6 Å². The predicted molar refractivity (Wildman–Crippen MR) is 106 cm³/mol. The van der Waals surface area contributed by atoms with Crippen molar-refractivity contribution in [2.75, 3.05) is 6.54 Å². The summed E-state index contributed by atoms with van der Waals surface area (Å²) in [7, 11) is 0. The van der Waals surface area contributed by atoms with Gasteiger partial charge in [-0.25, -0.2) is 4.98 Å². The van der Waals surface area contributed by atoms with Crippen molar-refractivity contribution in [1.29, 1.82) is 0 Å². The Morgan fingerprint density at radius 3 is 2.35 bits per heavy atom. The van der Waals surface area contributed by atoms with E-state index in [2.05, 4.69) is 51.7 Å². The fraction of sp³-hybridized carbons (Fsp3) is 0.273. The third-order valence-corrected chi connectivity index (χ3v) is 4.21. The van der Waals surface area contributed by atoms with Gasteiger partial charge in [0.15, 0.2) is 0 Å². The molecule has 0 radical (unpaired) electrons. The van der Waals surface area contributed by atoms with E-state index in [1.165, 1.54) is 11.1 Å². The van der Waals surface area contributed by atoms with Gasteiger partial charge in [0.25, 0.3) is 0 Å². The van der Waals surface area contributed by atoms with Crippen molar-refractivity contribution >= 4 is 5.91 Å². The summed E-state index contributed by atoms with van der Waals surface area (Å²) in [5.74, 6) is 1.37. The lowest BCUT2D eigenvalue weighted by molar-refractivity contribution is -0.121. The zero-order chi connectivity index (χ0) is 18.4. The maximum absolute atomic E-state index is 11.7. The van der Waals surface area contributed by atoms with Crippen LogP contribution < -0.4 is 5.32 Å². The van der Waals surface area contributed by atoms with Crippen molar-refractivity contribution in [1.82, 2.24) is 15.3 Å². The molecule has 0 saturated heterocycles. The summed E-state index contributed by atoms with van der Waals surface area (Å²) in [6, 6.07) is 18.8. The normalized spacial score (nSPS) is 10.9. The molecular formula is C22H25N3O. The van der Waals surface area contributed by atoms with Gasteiger partial charge < -0.3 is 10.3 Å². The van der Waals surface area contributed by atoms with Gasteiger partial charge in [-0.2, -0.15) is 0 Å². The molecule has 1 heterocycles. The van der Waals surface area contributed by atoms with Gasteiger partial charge >= 0.3 is 0 Å². The maximum Gasteiger partial charge on any atom is 0.220 e. The molecule has 0 atom stereocenters. The maximum atomic E-state index is 11.7. The van der Waals surface area contributed by atoms with Gasteiger partial charge in [-0.1, -0.05) is 68.4 Å². The molecule has 0 unspecified atom stereocenters. The van der Waals surface area contributed by atoms with Crippen LogP contribution in [0.5, 0.6) is 0 Å². The summed E-state index contributed by atoms with van der Waals surface area (Å²) in [6.45, 7) is 4.69. The number of H-pyrrole nitrogens is 1. The highest BCUT2D eigenvalue weighted by Crippen LogP contribution is 2.23. The van der Waals surface area contributed by atoms with Crippen LogP contribution in [0.2, 0.25) is 0 Å². The standard InChI is InChI=1S/C22H25N3O/c1-16(2)14-22(26)23-13-12-21-24-15-20(25-21)19-10-8-18(9-11-19)17-6-4-3-5-7-17/h3-11,15-16H,12-14H2,1-2H3,(H,23,26)(H,24,25). The van der Waals surface area contributed by atoms with Gasteiger partial charge in [0, 0.05) is 19.4 Å². The minimum atomic E-state index is 0.100. The van der Waals surface area contributed by atoms with Crippen molar-refractivity contribution in [2.24, 2.45) is 5.92 Å². The Labute approximate surface area is 154 Å². The molecular weight excluding hydrogens is 322 g/mol. The molecule has 1 amide bonds. The molecule has 4 heteroatoms. The SMILES string of the molecule is CC(C)CC(=O)NCCc1ncc(-c2ccc(-c3ccccc3)cc2)[nH]1. The van der Waals surface area contributed by atoms with E-state index < -0.39 is 0 Å². The van der Waals surface area contributed by atoms with E-state index in [-0.39, 0.29) is 5.91 Å². The lowest BCUT2D eigenvalue weighted by atomic mass is 10.0. The van der Waals surface area contributed by atoms with Crippen LogP contribution in [0.3, 0.4) is 0 Å². The predicted octanol–water partition coefficient (Wildman–Crippen LogP) is 4.45. The summed E-state index contributed by atoms with van der Waals surface area (Å²) < 4.78 is 0. The number of carbonyl (C=O) groups is 1. The number of rotatable bonds is 7. The smallest absolute Gasteiger partial charge is 0.220 e. The first-order chi connectivity index (χ1) is 12.6. The van der Waals surface area contributed by atoms with Gasteiger partial charge in [0.1, 0.15) is 5.82 Å². The van der Waals surface area contributed by atoms with Crippen LogP contribution >= 0.6 is 0 Å². The summed E-state index contributed by atoms with van der Waals surface area (Å²) in [4.78, 5) is 19.4. The second kappa shape index (κ2) is 8.48. The van der Waals surface area contributed by atoms with E-state index in [1.807, 2.05) is 38.2 Å². The highest BCUT2D eigenvalue weighted by atomic mass is 16.1. The van der Waals surface area contributed by atoms with E-state index in [9.17, 15) is 4.79 Å². The second-order valence-corrected chi connectivity index (χ2v) is 6.88. The number of imidazole rings is 1. The number of nitrogens with zero attached hydrogens (tertiary/aromatic N) is 1. The molecule has 0 spiro atoms. The summed E-state index contributed by atoms with van der Waals surface area (Å²) >= 11 is 0. The third kappa shape index (κ3) is 4.82. The van der Waals surface area contributed by atoms with Crippen LogP contribution in [0, 0.1) is 5.92 Å². The lowest BCUT2D eigenvalue weighted by Gasteiger charge is -2.06. The Hall–Kier alpha value is -2.88. The summed E-state index contributed by atoms with van der Waals surface area (Å²) in [6.07, 6.45) is 3.12. The molecule has 1 aromatic heterocycles. The van der Waals surface area contributed by atoms with Gasteiger partial charge in [-0.3, -0.25) is 4.79 Å². The van der Waals surface area contributed by atoms with Crippen LogP contribution in [0.1, 0.15) is 26.1 Å². The lowest BCUT2D eigenvalue weighted by Crippen LogP contribution is -2.26. The monoisotopic (exact) mass is 347 g/mol. The number of hydrogen-bond donors (Lipinski definition) is 2. The highest BCUT2D eigenvalue weighted by molar-refractivity contribution is 5.76. The molecule has 0 saturated carbocycles. The highest BCUT2D eigenvalue weighted by Gasteiger charge is 2.07. The molecule has 0 aliphatic heterocycles. The molecule has 26 heavy (non-hydrogen) atoms. The fourth-order valence-corrected chi connectivity index (χ4v) is 2.87. The van der Waals surface area contributed by atoms with Gasteiger partial charge in [0.2, 0.25) is 5.91 Å². The number of nitrogens with one attached hydrogen (secondary N) is 2. The average molecular weight is 347 g/mol. The number of amides is 1. The fourth-order valence-electron chi connectivity index (χ4n) is 2.87. The van der Waals surface area contributed by atoms with E-state index in [0.717, 1.165) is 17.1 Å². The van der Waals surface area contributed by atoms with Crippen molar-refractivity contribution in [3.63, 3.8) is 0 Å². The van der Waals surface area contributed by atoms with Crippen molar-refractivity contribution in [3.05, 3.63) is 66.6 Å². The Kier molecular flexibility index (Phi) is 5.84. The molecule has 0 aliphatic rings. The zero-order valence-electron chi connectivity index (χ0n) is 15.3. The van der Waals surface area contributed by atoms with Crippen LogP contribution in [0.4, 0.5) is 0 Å². The molecule has 3 rings (SSSR count). The first-order valence-corrected chi connectivity index (χ1v) is 9.08. The molecule has 4 nitrogen and oxygen atoms in total. The van der Waals surface area contributed by atoms with Crippen LogP contribution in [0.25, 0.3) is 22.4 Å². The molecule has 2 aromatic carbocycles. The van der Waals surface area contributed by atoms with Crippen LogP contribution in [-0.4, -0.2) is 22.4 Å². The molecule has 3 aromatic rings. The third-order valence-electron chi connectivity index (χ3n) is 4.21. The van der Waals surface area contributed by atoms with E-state index >= 15 is 0 Å².